The SMILES string of the molecule is Br.F.[O]=[Zr]. The molecule has 0 spiro atoms. The van der Waals surface area contributed by atoms with Gasteiger partial charge in [0.25, 0.3) is 0 Å². The maximum atomic E-state index is 8.34. The third-order valence-corrected chi connectivity index (χ3v) is 0. The van der Waals surface area contributed by atoms with Gasteiger partial charge in [0.05, 0.1) is 0 Å². The van der Waals surface area contributed by atoms with Crippen molar-refractivity contribution >= 4 is 17.0 Å². The first-order valence-corrected chi connectivity index (χ1v) is 1.21. The minimum absolute atomic E-state index is 0. The van der Waals surface area contributed by atoms with Crippen molar-refractivity contribution in [3.63, 3.8) is 0 Å². The van der Waals surface area contributed by atoms with Crippen molar-refractivity contribution in [2.45, 2.75) is 0 Å². The summed E-state index contributed by atoms with van der Waals surface area (Å²) in [5, 5.41) is 0. The van der Waals surface area contributed by atoms with Gasteiger partial charge in [-0.15, -0.1) is 17.0 Å². The van der Waals surface area contributed by atoms with Gasteiger partial charge in [-0.05, 0) is 0 Å². The molecule has 0 aromatic heterocycles. The Morgan fingerprint density at radius 1 is 1.25 bits per heavy atom. The molecule has 0 atom stereocenters. The number of hydrogen-bond acceptors (Lipinski definition) is 1. The zero-order valence-electron chi connectivity index (χ0n) is 1.72. The van der Waals surface area contributed by atoms with Crippen LogP contribution in [0.25, 0.3) is 0 Å². The summed E-state index contributed by atoms with van der Waals surface area (Å²) in [5.74, 6) is 0. The Morgan fingerprint density at radius 2 is 1.25 bits per heavy atom. The minimum atomic E-state index is 0. The molecule has 0 saturated heterocycles. The second kappa shape index (κ2) is 32.8. The molecular formula is H2BrFOZr. The molecule has 26 valence electrons. The van der Waals surface area contributed by atoms with Gasteiger partial charge >= 0.3 is 27.5 Å². The fourth-order valence-corrected chi connectivity index (χ4v) is 0. The van der Waals surface area contributed by atoms with E-state index in [2.05, 4.69) is 0 Å². The van der Waals surface area contributed by atoms with Crippen LogP contribution < -0.4 is 0 Å². The van der Waals surface area contributed by atoms with Gasteiger partial charge in [0, 0.05) is 0 Å². The van der Waals surface area contributed by atoms with Gasteiger partial charge < -0.3 is 0 Å². The van der Waals surface area contributed by atoms with Crippen LogP contribution in [0.3, 0.4) is 0 Å². The van der Waals surface area contributed by atoms with Crippen LogP contribution in [-0.2, 0) is 27.5 Å². The van der Waals surface area contributed by atoms with Crippen molar-refractivity contribution in [2.24, 2.45) is 0 Å². The van der Waals surface area contributed by atoms with Gasteiger partial charge in [0.2, 0.25) is 0 Å². The van der Waals surface area contributed by atoms with E-state index < -0.39 is 0 Å². The Balaban J connectivity index is -0.00000000500. The third-order valence-electron chi connectivity index (χ3n) is 0. The van der Waals surface area contributed by atoms with Crippen molar-refractivity contribution in [1.29, 1.82) is 0 Å². The average Bonchev–Trinajstić information content (AvgIpc) is 1.00. The molecule has 0 unspecified atom stereocenters. The predicted molar refractivity (Wildman–Crippen MR) is 13.5 cm³/mol. The second-order valence-electron chi connectivity index (χ2n) is 0. The molecule has 0 heterocycles. The zero-order chi connectivity index (χ0) is 2.00. The molecule has 0 saturated carbocycles. The van der Waals surface area contributed by atoms with Crippen LogP contribution in [0.15, 0.2) is 0 Å². The molecule has 0 fully saturated rings. The molecule has 0 rings (SSSR count). The Labute approximate surface area is 49.2 Å². The molecule has 0 aliphatic carbocycles. The average molecular weight is 208 g/mol. The van der Waals surface area contributed by atoms with Gasteiger partial charge in [-0.2, -0.15) is 0 Å². The molecular weight excluding hydrogens is 206 g/mol. The molecule has 0 radical (unpaired) electrons. The summed E-state index contributed by atoms with van der Waals surface area (Å²) >= 11 is 0.300. The Morgan fingerprint density at radius 3 is 1.25 bits per heavy atom. The van der Waals surface area contributed by atoms with Crippen LogP contribution in [0.4, 0.5) is 4.70 Å². The molecule has 0 aromatic carbocycles. The van der Waals surface area contributed by atoms with Crippen molar-refractivity contribution in [3.05, 3.63) is 0 Å². The summed E-state index contributed by atoms with van der Waals surface area (Å²) in [7, 11) is 0. The van der Waals surface area contributed by atoms with E-state index in [1.165, 1.54) is 0 Å². The van der Waals surface area contributed by atoms with Gasteiger partial charge in [0.1, 0.15) is 0 Å². The monoisotopic (exact) mass is 206 g/mol. The van der Waals surface area contributed by atoms with Crippen molar-refractivity contribution < 1.29 is 32.2 Å². The molecule has 0 aliphatic rings. The molecule has 0 amide bonds. The summed E-state index contributed by atoms with van der Waals surface area (Å²) in [4.78, 5) is 0. The topological polar surface area (TPSA) is 17.1 Å². The van der Waals surface area contributed by atoms with E-state index in [4.69, 9.17) is 2.81 Å². The van der Waals surface area contributed by atoms with Crippen LogP contribution in [-0.4, -0.2) is 0 Å². The summed E-state index contributed by atoms with van der Waals surface area (Å²) in [6, 6.07) is 0. The Bertz CT molecular complexity index is 8.00. The predicted octanol–water partition coefficient (Wildman–Crippen LogP) is 0.609. The van der Waals surface area contributed by atoms with Gasteiger partial charge in [-0.25, -0.2) is 0 Å². The van der Waals surface area contributed by atoms with Gasteiger partial charge in [-0.3, -0.25) is 4.70 Å². The van der Waals surface area contributed by atoms with E-state index in [0.717, 1.165) is 0 Å². The van der Waals surface area contributed by atoms with Crippen molar-refractivity contribution in [3.8, 4) is 0 Å². The van der Waals surface area contributed by atoms with Crippen molar-refractivity contribution in [2.75, 3.05) is 0 Å². The van der Waals surface area contributed by atoms with E-state index >= 15 is 0 Å². The van der Waals surface area contributed by atoms with Crippen LogP contribution in [0, 0.1) is 0 Å². The van der Waals surface area contributed by atoms with E-state index in [1.807, 2.05) is 0 Å². The van der Waals surface area contributed by atoms with Crippen molar-refractivity contribution in [1.82, 2.24) is 0 Å². The van der Waals surface area contributed by atoms with Gasteiger partial charge in [0.15, 0.2) is 0 Å². The fraction of sp³-hybridized carbons (Fsp3) is 0. The fourth-order valence-electron chi connectivity index (χ4n) is 0. The third kappa shape index (κ3) is 11.3. The number of hydrogen-bond donors (Lipinski definition) is 0. The Kier molecular flexibility index (Phi) is 160. The van der Waals surface area contributed by atoms with Crippen LogP contribution in [0.5, 0.6) is 0 Å². The standard InChI is InChI=1S/BrH.FH.O.Zr/h2*1H;;. The molecule has 4 heavy (non-hydrogen) atoms. The quantitative estimate of drug-likeness (QED) is 0.570. The molecule has 4 heteroatoms. The summed E-state index contributed by atoms with van der Waals surface area (Å²) in [6.07, 6.45) is 0. The van der Waals surface area contributed by atoms with Crippen LogP contribution >= 0.6 is 17.0 Å². The summed E-state index contributed by atoms with van der Waals surface area (Å²) < 4.78 is 8.34. The molecule has 0 aliphatic heterocycles. The van der Waals surface area contributed by atoms with E-state index in [-0.39, 0.29) is 21.7 Å². The molecule has 0 bridgehead atoms. The molecule has 1 nitrogen and oxygen atoms in total. The van der Waals surface area contributed by atoms with Gasteiger partial charge in [-0.1, -0.05) is 0 Å². The normalized spacial score (nSPS) is 0.750. The second-order valence-corrected chi connectivity index (χ2v) is 0. The summed E-state index contributed by atoms with van der Waals surface area (Å²) in [5.41, 5.74) is 0. The van der Waals surface area contributed by atoms with E-state index in [1.54, 1.807) is 0 Å². The first kappa shape index (κ1) is 19.5. The molecule has 0 aromatic rings. The number of halogens is 2. The first-order chi connectivity index (χ1) is 1.00. The summed E-state index contributed by atoms with van der Waals surface area (Å²) in [6.45, 7) is 0. The van der Waals surface area contributed by atoms with E-state index in [9.17, 15) is 0 Å². The van der Waals surface area contributed by atoms with Crippen LogP contribution in [0.2, 0.25) is 0 Å². The zero-order valence-corrected chi connectivity index (χ0v) is 5.90. The number of rotatable bonds is 0. The maximum absolute atomic E-state index is 8.34. The Hall–Kier alpha value is 1.09. The van der Waals surface area contributed by atoms with E-state index in [0.29, 0.717) is 24.7 Å². The first-order valence-electron chi connectivity index (χ1n) is 0.204. The van der Waals surface area contributed by atoms with Crippen LogP contribution in [0.1, 0.15) is 0 Å². The molecule has 0 N–H and O–H groups in total.